The van der Waals surface area contributed by atoms with Gasteiger partial charge in [0.05, 0.1) is 18.2 Å². The number of aromatic amines is 2. The van der Waals surface area contributed by atoms with Crippen LogP contribution in [0, 0.1) is 0 Å². The van der Waals surface area contributed by atoms with Crippen LogP contribution in [-0.4, -0.2) is 81.1 Å². The zero-order chi connectivity index (χ0) is 37.0. The monoisotopic (exact) mass is 709 g/mol. The second kappa shape index (κ2) is 16.6. The minimum absolute atomic E-state index is 0.0872. The van der Waals surface area contributed by atoms with E-state index < -0.39 is 11.9 Å². The Morgan fingerprint density at radius 3 is 1.66 bits per heavy atom. The summed E-state index contributed by atoms with van der Waals surface area (Å²) < 4.78 is 4.59. The topological polar surface area (TPSA) is 248 Å². The van der Waals surface area contributed by atoms with E-state index in [0.29, 0.717) is 40.0 Å². The number of anilines is 3. The van der Waals surface area contributed by atoms with E-state index in [2.05, 4.69) is 71.0 Å². The van der Waals surface area contributed by atoms with Gasteiger partial charge in [-0.15, -0.1) is 10.2 Å². The molecule has 0 saturated heterocycles. The lowest BCUT2D eigenvalue weighted by atomic mass is 10.2. The van der Waals surface area contributed by atoms with E-state index in [1.807, 2.05) is 12.1 Å². The first-order valence-corrected chi connectivity index (χ1v) is 15.5. The first-order chi connectivity index (χ1) is 25.9. The Balaban J connectivity index is 0.000000185. The van der Waals surface area contributed by atoms with E-state index >= 15 is 0 Å². The van der Waals surface area contributed by atoms with E-state index in [1.54, 1.807) is 85.3 Å². The number of pyridine rings is 4. The molecule has 7 aromatic rings. The van der Waals surface area contributed by atoms with Gasteiger partial charge in [0.1, 0.15) is 17.1 Å². The third-order valence-electron chi connectivity index (χ3n) is 6.96. The molecule has 0 unspecified atom stereocenters. The van der Waals surface area contributed by atoms with Gasteiger partial charge >= 0.3 is 5.97 Å². The zero-order valence-electron chi connectivity index (χ0n) is 27.6. The zero-order valence-corrected chi connectivity index (χ0v) is 27.6. The second-order valence-corrected chi connectivity index (χ2v) is 10.6. The molecule has 262 valence electrons. The molecule has 0 aliphatic carbocycles. The lowest BCUT2D eigenvalue weighted by Gasteiger charge is -2.06. The van der Waals surface area contributed by atoms with Crippen molar-refractivity contribution in [1.82, 2.24) is 50.3 Å². The van der Waals surface area contributed by atoms with Crippen LogP contribution in [0.3, 0.4) is 0 Å². The van der Waals surface area contributed by atoms with Gasteiger partial charge in [0.15, 0.2) is 11.6 Å². The molecule has 0 bridgehead atoms. The van der Waals surface area contributed by atoms with Gasteiger partial charge in [0, 0.05) is 42.2 Å². The van der Waals surface area contributed by atoms with E-state index in [-0.39, 0.29) is 34.8 Å². The Labute approximate surface area is 299 Å². The molecule has 7 rings (SSSR count). The average molecular weight is 710 g/mol. The molecule has 0 saturated carbocycles. The molecule has 0 radical (unpaired) electrons. The number of methoxy groups -OCH3 is 1. The highest BCUT2D eigenvalue weighted by atomic mass is 16.5. The van der Waals surface area contributed by atoms with Crippen LogP contribution in [0.4, 0.5) is 17.6 Å². The summed E-state index contributed by atoms with van der Waals surface area (Å²) in [5.41, 5.74) is 2.82. The quantitative estimate of drug-likeness (QED) is 0.133. The molecule has 0 aliphatic rings. The van der Waals surface area contributed by atoms with Gasteiger partial charge in [-0.05, 0) is 66.7 Å². The molecule has 18 nitrogen and oxygen atoms in total. The van der Waals surface area contributed by atoms with Crippen molar-refractivity contribution in [2.75, 3.05) is 23.1 Å². The van der Waals surface area contributed by atoms with Gasteiger partial charge in [0.2, 0.25) is 11.9 Å². The van der Waals surface area contributed by atoms with Gasteiger partial charge in [-0.25, -0.2) is 4.79 Å². The molecule has 0 aliphatic heterocycles. The van der Waals surface area contributed by atoms with E-state index in [4.69, 9.17) is 0 Å². The smallest absolute Gasteiger partial charge is 0.339 e. The number of H-pyrrole nitrogens is 2. The molecule has 53 heavy (non-hydrogen) atoms. The molecule has 18 heteroatoms. The van der Waals surface area contributed by atoms with Crippen LogP contribution in [0.1, 0.15) is 41.6 Å². The first kappa shape index (κ1) is 34.8. The third kappa shape index (κ3) is 9.16. The number of aromatic nitrogens is 10. The van der Waals surface area contributed by atoms with Gasteiger partial charge < -0.3 is 10.1 Å². The first-order valence-electron chi connectivity index (χ1n) is 15.5. The molecule has 3 amide bonds. The van der Waals surface area contributed by atoms with E-state index in [9.17, 15) is 19.2 Å². The predicted octanol–water partition coefficient (Wildman–Crippen LogP) is 4.07. The van der Waals surface area contributed by atoms with Gasteiger partial charge in [-0.2, -0.15) is 9.97 Å². The Kier molecular flexibility index (Phi) is 10.9. The number of ether oxygens (including phenoxy) is 1. The van der Waals surface area contributed by atoms with Crippen molar-refractivity contribution in [1.29, 1.82) is 0 Å². The number of hydrogen-bond acceptors (Lipinski definition) is 13. The maximum absolute atomic E-state index is 12.4. The number of nitrogens with one attached hydrogen (secondary N) is 5. The number of carbonyl (C=O) groups is 4. The Morgan fingerprint density at radius 1 is 0.585 bits per heavy atom. The van der Waals surface area contributed by atoms with Crippen molar-refractivity contribution in [2.45, 2.75) is 0 Å². The minimum Gasteiger partial charge on any atom is -0.465 e. The molecular formula is C35H27N13O5. The van der Waals surface area contributed by atoms with Crippen LogP contribution >= 0.6 is 0 Å². The van der Waals surface area contributed by atoms with Crippen molar-refractivity contribution < 1.29 is 23.9 Å². The number of nitrogens with zero attached hydrogens (tertiary/aromatic N) is 8. The molecule has 5 N–H and O–H groups in total. The molecular weight excluding hydrogens is 682 g/mol. The number of amides is 3. The summed E-state index contributed by atoms with van der Waals surface area (Å²) in [6.45, 7) is 0. The third-order valence-corrected chi connectivity index (χ3v) is 6.96. The van der Waals surface area contributed by atoms with Gasteiger partial charge in [-0.1, -0.05) is 18.2 Å². The highest BCUT2D eigenvalue weighted by Gasteiger charge is 2.15. The number of hydrogen-bond donors (Lipinski definition) is 5. The van der Waals surface area contributed by atoms with Crippen LogP contribution in [0.2, 0.25) is 0 Å². The average Bonchev–Trinajstić information content (AvgIpc) is 3.89. The number of esters is 1. The highest BCUT2D eigenvalue weighted by Crippen LogP contribution is 2.16. The second-order valence-electron chi connectivity index (χ2n) is 10.6. The molecule has 0 spiro atoms. The summed E-state index contributed by atoms with van der Waals surface area (Å²) in [6.07, 6.45) is 7.46. The number of carbonyl (C=O) groups excluding carboxylic acids is 4. The Hall–Kier alpha value is -8.02. The van der Waals surface area contributed by atoms with E-state index in [0.717, 1.165) is 0 Å². The number of rotatable bonds is 9. The molecule has 1 aromatic carbocycles. The summed E-state index contributed by atoms with van der Waals surface area (Å²) in [6, 6.07) is 23.7. The van der Waals surface area contributed by atoms with Crippen LogP contribution in [-0.2, 0) is 4.74 Å². The van der Waals surface area contributed by atoms with Crippen LogP contribution < -0.4 is 16.0 Å². The van der Waals surface area contributed by atoms with Crippen molar-refractivity contribution >= 4 is 41.3 Å². The summed E-state index contributed by atoms with van der Waals surface area (Å²) in [5, 5.41) is 21.2. The van der Waals surface area contributed by atoms with Gasteiger partial charge in [0.25, 0.3) is 17.7 Å². The van der Waals surface area contributed by atoms with Crippen LogP contribution in [0.25, 0.3) is 23.0 Å². The van der Waals surface area contributed by atoms with Crippen molar-refractivity contribution in [3.8, 4) is 23.0 Å². The maximum Gasteiger partial charge on any atom is 0.339 e. The summed E-state index contributed by atoms with van der Waals surface area (Å²) >= 11 is 0. The number of benzene rings is 1. The largest absolute Gasteiger partial charge is 0.465 e. The Morgan fingerprint density at radius 2 is 1.13 bits per heavy atom. The van der Waals surface area contributed by atoms with Crippen molar-refractivity contribution in [3.05, 3.63) is 138 Å². The minimum atomic E-state index is -0.576. The maximum atomic E-state index is 12.4. The lowest BCUT2D eigenvalue weighted by molar-refractivity contribution is 0.0600. The van der Waals surface area contributed by atoms with E-state index in [1.165, 1.54) is 25.6 Å². The fourth-order valence-corrected chi connectivity index (χ4v) is 4.41. The molecule has 6 heterocycles. The normalized spacial score (nSPS) is 10.3. The lowest BCUT2D eigenvalue weighted by Crippen LogP contribution is -2.15. The summed E-state index contributed by atoms with van der Waals surface area (Å²) in [4.78, 5) is 72.7. The molecule has 0 fully saturated rings. The van der Waals surface area contributed by atoms with Crippen molar-refractivity contribution in [2.24, 2.45) is 0 Å². The summed E-state index contributed by atoms with van der Waals surface area (Å²) in [7, 11) is 1.25. The molecule has 6 aromatic heterocycles. The van der Waals surface area contributed by atoms with Gasteiger partial charge in [-0.3, -0.25) is 55.2 Å². The van der Waals surface area contributed by atoms with Crippen molar-refractivity contribution in [3.63, 3.8) is 0 Å². The fraction of sp³-hybridized carbons (Fsp3) is 0.0286. The van der Waals surface area contributed by atoms with Crippen LogP contribution in [0.5, 0.6) is 0 Å². The Bertz CT molecular complexity index is 2330. The molecule has 0 atom stereocenters. The highest BCUT2D eigenvalue weighted by molar-refractivity contribution is 6.06. The predicted molar refractivity (Wildman–Crippen MR) is 189 cm³/mol. The van der Waals surface area contributed by atoms with Crippen LogP contribution in [0.15, 0.2) is 116 Å². The fourth-order valence-electron chi connectivity index (χ4n) is 4.41. The summed E-state index contributed by atoms with van der Waals surface area (Å²) in [5.74, 6) is -0.676. The standard InChI is InChI=1S/C20H15N7O2.C15H12N6O3/c28-18(25-20-24-17(26-27-20)15-5-1-3-11-21-15)13-7-9-14(10-8-13)23-19(29)16-6-2-4-12-22-16;1-24-14(23)10-6-9(7-16-8-10)13(22)19-15-18-12(20-21-15)11-4-2-3-5-17-11/h1-12H,(H,23,29)(H2,24,25,26,27,28);2-8H,1H3,(H2,18,19,20,21,22). The SMILES string of the molecule is COC(=O)c1cncc(C(=O)Nc2n[nH]c(-c3ccccn3)n2)c1.O=C(Nc1n[nH]c(-c2ccccn2)n1)c1ccc(NC(=O)c2ccccn2)cc1.